The van der Waals surface area contributed by atoms with Crippen LogP contribution in [0.15, 0.2) is 18.2 Å². The highest BCUT2D eigenvalue weighted by atomic mass is 32.2. The Hall–Kier alpha value is -2.07. The first-order valence-corrected chi connectivity index (χ1v) is 9.46. The molecule has 0 radical (unpaired) electrons. The molecule has 0 heterocycles. The molecule has 1 fully saturated rings. The van der Waals surface area contributed by atoms with Gasteiger partial charge in [0.15, 0.2) is 0 Å². The number of carbonyl (C=O) groups is 1. The fourth-order valence-corrected chi connectivity index (χ4v) is 3.40. The van der Waals surface area contributed by atoms with E-state index in [9.17, 15) is 18.5 Å². The van der Waals surface area contributed by atoms with Crippen molar-refractivity contribution in [3.63, 3.8) is 0 Å². The van der Waals surface area contributed by atoms with Gasteiger partial charge in [-0.3, -0.25) is 9.52 Å². The normalized spacial score (nSPS) is 17.1. The van der Waals surface area contributed by atoms with Gasteiger partial charge in [0.25, 0.3) is 5.91 Å². The summed E-state index contributed by atoms with van der Waals surface area (Å²) in [6.45, 7) is 1.76. The summed E-state index contributed by atoms with van der Waals surface area (Å²) in [7, 11) is -3.42. The lowest BCUT2D eigenvalue weighted by Crippen LogP contribution is -2.48. The van der Waals surface area contributed by atoms with E-state index in [-0.39, 0.29) is 5.91 Å². The first kappa shape index (κ1) is 17.3. The standard InChI is InChI=1S/C16H21N3O3S/c1-12-6-7-13(10-14(12)19-23(2,21)22)15(20)18-16(11-17)8-4-3-5-9-16/h6-7,10,19H,3-5,8-9H2,1-2H3,(H,18,20). The zero-order valence-electron chi connectivity index (χ0n) is 13.3. The number of benzene rings is 1. The molecule has 1 saturated carbocycles. The first-order valence-electron chi connectivity index (χ1n) is 7.57. The van der Waals surface area contributed by atoms with Crippen LogP contribution < -0.4 is 10.0 Å². The van der Waals surface area contributed by atoms with Gasteiger partial charge in [0, 0.05) is 5.56 Å². The molecule has 0 unspecified atom stereocenters. The van der Waals surface area contributed by atoms with Gasteiger partial charge in [-0.25, -0.2) is 8.42 Å². The average molecular weight is 335 g/mol. The highest BCUT2D eigenvalue weighted by Gasteiger charge is 2.33. The highest BCUT2D eigenvalue weighted by Crippen LogP contribution is 2.28. The van der Waals surface area contributed by atoms with Crippen molar-refractivity contribution in [1.82, 2.24) is 5.32 Å². The largest absolute Gasteiger partial charge is 0.334 e. The van der Waals surface area contributed by atoms with E-state index < -0.39 is 15.6 Å². The van der Waals surface area contributed by atoms with Crippen LogP contribution in [-0.2, 0) is 10.0 Å². The van der Waals surface area contributed by atoms with Gasteiger partial charge < -0.3 is 5.32 Å². The third kappa shape index (κ3) is 4.45. The average Bonchev–Trinajstić information content (AvgIpc) is 2.49. The number of sulfonamides is 1. The van der Waals surface area contributed by atoms with Gasteiger partial charge >= 0.3 is 0 Å². The van der Waals surface area contributed by atoms with Crippen LogP contribution in [0.2, 0.25) is 0 Å². The zero-order valence-corrected chi connectivity index (χ0v) is 14.2. The third-order valence-corrected chi connectivity index (χ3v) is 4.66. The number of nitriles is 1. The molecule has 0 atom stereocenters. The molecule has 0 spiro atoms. The van der Waals surface area contributed by atoms with Crippen LogP contribution in [0.5, 0.6) is 0 Å². The summed E-state index contributed by atoms with van der Waals surface area (Å²) in [5, 5.41) is 12.3. The minimum atomic E-state index is -3.42. The molecule has 2 N–H and O–H groups in total. The Kier molecular flexibility index (Phi) is 4.95. The SMILES string of the molecule is Cc1ccc(C(=O)NC2(C#N)CCCCC2)cc1NS(C)(=O)=O. The van der Waals surface area contributed by atoms with E-state index in [1.54, 1.807) is 19.1 Å². The van der Waals surface area contributed by atoms with Crippen molar-refractivity contribution in [2.24, 2.45) is 0 Å². The van der Waals surface area contributed by atoms with Gasteiger partial charge in [-0.05, 0) is 37.5 Å². The van der Waals surface area contributed by atoms with Crippen molar-refractivity contribution in [3.8, 4) is 6.07 Å². The lowest BCUT2D eigenvalue weighted by atomic mass is 9.82. The fourth-order valence-electron chi connectivity index (χ4n) is 2.78. The van der Waals surface area contributed by atoms with Crippen molar-refractivity contribution in [1.29, 1.82) is 5.26 Å². The van der Waals surface area contributed by atoms with Gasteiger partial charge in [0.1, 0.15) is 5.54 Å². The predicted molar refractivity (Wildman–Crippen MR) is 88.5 cm³/mol. The molecule has 0 saturated heterocycles. The van der Waals surface area contributed by atoms with Gasteiger partial charge in [-0.1, -0.05) is 25.3 Å². The molecule has 1 amide bonds. The van der Waals surface area contributed by atoms with Crippen molar-refractivity contribution < 1.29 is 13.2 Å². The van der Waals surface area contributed by atoms with E-state index in [1.165, 1.54) is 6.07 Å². The van der Waals surface area contributed by atoms with Crippen LogP contribution in [-0.4, -0.2) is 26.1 Å². The summed E-state index contributed by atoms with van der Waals surface area (Å²) < 4.78 is 25.2. The lowest BCUT2D eigenvalue weighted by molar-refractivity contribution is 0.0902. The third-order valence-electron chi connectivity index (χ3n) is 4.07. The number of nitrogens with one attached hydrogen (secondary N) is 2. The summed E-state index contributed by atoms with van der Waals surface area (Å²) in [6.07, 6.45) is 5.27. The highest BCUT2D eigenvalue weighted by molar-refractivity contribution is 7.92. The van der Waals surface area contributed by atoms with Crippen LogP contribution in [0, 0.1) is 18.3 Å². The van der Waals surface area contributed by atoms with Crippen molar-refractivity contribution in [2.45, 2.75) is 44.6 Å². The molecule has 124 valence electrons. The second-order valence-electron chi connectivity index (χ2n) is 6.11. The number of rotatable bonds is 4. The Morgan fingerprint density at radius 3 is 2.48 bits per heavy atom. The minimum Gasteiger partial charge on any atom is -0.334 e. The van der Waals surface area contributed by atoms with Gasteiger partial charge in [0.05, 0.1) is 18.0 Å². The Morgan fingerprint density at radius 1 is 1.26 bits per heavy atom. The number of hydrogen-bond acceptors (Lipinski definition) is 4. The van der Waals surface area contributed by atoms with Crippen LogP contribution >= 0.6 is 0 Å². The van der Waals surface area contributed by atoms with Gasteiger partial charge in [0.2, 0.25) is 10.0 Å². The Bertz CT molecular complexity index is 744. The Balaban J connectivity index is 2.22. The molecule has 0 bridgehead atoms. The minimum absolute atomic E-state index is 0.335. The van der Waals surface area contributed by atoms with E-state index in [1.807, 2.05) is 0 Å². The monoisotopic (exact) mass is 335 g/mol. The number of carbonyl (C=O) groups excluding carboxylic acids is 1. The summed E-state index contributed by atoms with van der Waals surface area (Å²) in [5.41, 5.74) is 0.612. The molecule has 7 heteroatoms. The quantitative estimate of drug-likeness (QED) is 0.882. The maximum Gasteiger partial charge on any atom is 0.252 e. The Morgan fingerprint density at radius 2 is 1.91 bits per heavy atom. The summed E-state index contributed by atoms with van der Waals surface area (Å²) in [5.74, 6) is -0.356. The molecule has 2 rings (SSSR count). The second kappa shape index (κ2) is 6.59. The number of anilines is 1. The first-order chi connectivity index (χ1) is 10.7. The Labute approximate surface area is 136 Å². The fraction of sp³-hybridized carbons (Fsp3) is 0.500. The summed E-state index contributed by atoms with van der Waals surface area (Å²) >= 11 is 0. The molecule has 0 aliphatic heterocycles. The van der Waals surface area contributed by atoms with E-state index in [2.05, 4.69) is 16.1 Å². The number of hydrogen-bond donors (Lipinski definition) is 2. The van der Waals surface area contributed by atoms with E-state index in [0.717, 1.165) is 31.1 Å². The molecular weight excluding hydrogens is 314 g/mol. The molecule has 23 heavy (non-hydrogen) atoms. The molecule has 1 aliphatic rings. The number of amides is 1. The van der Waals surface area contributed by atoms with Gasteiger partial charge in [-0.2, -0.15) is 5.26 Å². The van der Waals surface area contributed by atoms with E-state index >= 15 is 0 Å². The lowest BCUT2D eigenvalue weighted by Gasteiger charge is -2.31. The van der Waals surface area contributed by atoms with Crippen LogP contribution in [0.25, 0.3) is 0 Å². The molecule has 1 aromatic rings. The van der Waals surface area contributed by atoms with Crippen LogP contribution in [0.4, 0.5) is 5.69 Å². The number of aryl methyl sites for hydroxylation is 1. The van der Waals surface area contributed by atoms with E-state index in [4.69, 9.17) is 0 Å². The van der Waals surface area contributed by atoms with Crippen LogP contribution in [0.3, 0.4) is 0 Å². The topological polar surface area (TPSA) is 99.1 Å². The maximum absolute atomic E-state index is 12.5. The maximum atomic E-state index is 12.5. The van der Waals surface area contributed by atoms with Crippen molar-refractivity contribution in [3.05, 3.63) is 29.3 Å². The molecule has 1 aliphatic carbocycles. The zero-order chi connectivity index (χ0) is 17.1. The van der Waals surface area contributed by atoms with Crippen molar-refractivity contribution >= 4 is 21.6 Å². The smallest absolute Gasteiger partial charge is 0.252 e. The molecule has 6 nitrogen and oxygen atoms in total. The molecule has 1 aromatic carbocycles. The van der Waals surface area contributed by atoms with E-state index in [0.29, 0.717) is 24.1 Å². The van der Waals surface area contributed by atoms with Crippen LogP contribution in [0.1, 0.15) is 48.0 Å². The summed E-state index contributed by atoms with van der Waals surface area (Å²) in [4.78, 5) is 12.5. The number of nitrogens with zero attached hydrogens (tertiary/aromatic N) is 1. The predicted octanol–water partition coefficient (Wildman–Crippen LogP) is 2.32. The second-order valence-corrected chi connectivity index (χ2v) is 7.86. The molecule has 0 aromatic heterocycles. The molecular formula is C16H21N3O3S. The van der Waals surface area contributed by atoms with Crippen molar-refractivity contribution in [2.75, 3.05) is 11.0 Å². The summed E-state index contributed by atoms with van der Waals surface area (Å²) in [6, 6.07) is 7.05. The van der Waals surface area contributed by atoms with Gasteiger partial charge in [-0.15, -0.1) is 0 Å².